The minimum absolute atomic E-state index is 0. The molecule has 1 aromatic carbocycles. The maximum atomic E-state index is 12.8. The predicted molar refractivity (Wildman–Crippen MR) is 105 cm³/mol. The number of carbonyl (C=O) groups is 2. The van der Waals surface area contributed by atoms with Crippen LogP contribution < -0.4 is 5.73 Å². The van der Waals surface area contributed by atoms with Gasteiger partial charge in [0.2, 0.25) is 0 Å². The Morgan fingerprint density at radius 3 is 2.54 bits per heavy atom. The number of halogens is 1. The molecular formula is C20H27ClN2O3. The van der Waals surface area contributed by atoms with E-state index in [0.717, 1.165) is 29.4 Å². The van der Waals surface area contributed by atoms with Gasteiger partial charge in [-0.3, -0.25) is 4.79 Å². The van der Waals surface area contributed by atoms with Gasteiger partial charge in [0, 0.05) is 36.0 Å². The molecule has 2 aromatic rings. The van der Waals surface area contributed by atoms with Gasteiger partial charge in [-0.25, -0.2) is 0 Å². The zero-order valence-electron chi connectivity index (χ0n) is 15.6. The van der Waals surface area contributed by atoms with Crippen LogP contribution in [0.15, 0.2) is 22.6 Å². The Balaban J connectivity index is 0.00000243. The first kappa shape index (κ1) is 20.5. The quantitative estimate of drug-likeness (QED) is 0.881. The van der Waals surface area contributed by atoms with Crippen LogP contribution >= 0.6 is 12.4 Å². The van der Waals surface area contributed by atoms with Crippen molar-refractivity contribution in [3.8, 4) is 0 Å². The number of likely N-dealkylation sites (tertiary alicyclic amines) is 1. The van der Waals surface area contributed by atoms with Crippen LogP contribution in [0.4, 0.5) is 0 Å². The summed E-state index contributed by atoms with van der Waals surface area (Å²) in [6, 6.07) is 5.88. The third-order valence-corrected chi connectivity index (χ3v) is 5.15. The molecule has 0 atom stereocenters. The third kappa shape index (κ3) is 4.27. The van der Waals surface area contributed by atoms with E-state index >= 15 is 0 Å². The van der Waals surface area contributed by atoms with Crippen molar-refractivity contribution >= 4 is 35.1 Å². The molecule has 5 nitrogen and oxygen atoms in total. The first-order valence-corrected chi connectivity index (χ1v) is 8.86. The molecule has 0 bridgehead atoms. The van der Waals surface area contributed by atoms with Gasteiger partial charge in [0.05, 0.1) is 0 Å². The highest BCUT2D eigenvalue weighted by atomic mass is 35.5. The number of furan rings is 1. The van der Waals surface area contributed by atoms with Gasteiger partial charge in [0.15, 0.2) is 5.76 Å². The van der Waals surface area contributed by atoms with E-state index in [1.165, 1.54) is 0 Å². The number of benzene rings is 1. The van der Waals surface area contributed by atoms with Crippen molar-refractivity contribution in [3.05, 3.63) is 35.1 Å². The Bertz CT molecular complexity index is 816. The van der Waals surface area contributed by atoms with Crippen molar-refractivity contribution in [2.75, 3.05) is 13.1 Å². The zero-order chi connectivity index (χ0) is 18.2. The maximum Gasteiger partial charge on any atom is 0.289 e. The molecule has 1 amide bonds. The number of nitrogens with two attached hydrogens (primary N) is 1. The fraction of sp³-hybridized carbons (Fsp3) is 0.500. The maximum absolute atomic E-state index is 12.8. The average Bonchev–Trinajstić information content (AvgIpc) is 2.89. The summed E-state index contributed by atoms with van der Waals surface area (Å²) in [5.74, 6) is 0.533. The predicted octanol–water partition coefficient (Wildman–Crippen LogP) is 3.64. The monoisotopic (exact) mass is 378 g/mol. The molecule has 2 N–H and O–H groups in total. The zero-order valence-corrected chi connectivity index (χ0v) is 16.4. The van der Waals surface area contributed by atoms with Gasteiger partial charge in [-0.2, -0.15) is 0 Å². The molecule has 2 heterocycles. The lowest BCUT2D eigenvalue weighted by molar-refractivity contribution is -0.116. The Morgan fingerprint density at radius 1 is 1.27 bits per heavy atom. The molecule has 0 saturated carbocycles. The van der Waals surface area contributed by atoms with E-state index in [1.807, 2.05) is 36.9 Å². The smallest absolute Gasteiger partial charge is 0.289 e. The van der Waals surface area contributed by atoms with Crippen LogP contribution in [0.5, 0.6) is 0 Å². The molecule has 0 unspecified atom stereocenters. The molecule has 0 aliphatic carbocycles. The van der Waals surface area contributed by atoms with Crippen LogP contribution in [0, 0.1) is 6.92 Å². The Hall–Kier alpha value is -1.85. The Morgan fingerprint density at radius 2 is 1.92 bits per heavy atom. The fourth-order valence-corrected chi connectivity index (χ4v) is 3.31. The largest absolute Gasteiger partial charge is 0.451 e. The molecule has 0 spiro atoms. The molecular weight excluding hydrogens is 352 g/mol. The van der Waals surface area contributed by atoms with Crippen molar-refractivity contribution < 1.29 is 14.0 Å². The minimum atomic E-state index is -0.189. The SMILES string of the molecule is CC(=O)CCc1ccc2oc(C(=O)N3CCC(C)(N)CC3)c(C)c2c1.Cl. The van der Waals surface area contributed by atoms with Crippen LogP contribution in [0.1, 0.15) is 54.8 Å². The van der Waals surface area contributed by atoms with E-state index in [0.29, 0.717) is 37.3 Å². The summed E-state index contributed by atoms with van der Waals surface area (Å²) in [6.07, 6.45) is 2.83. The molecule has 0 radical (unpaired) electrons. The molecule has 6 heteroatoms. The number of Topliss-reactive ketones (excluding diaryl/α,β-unsaturated/α-hetero) is 1. The lowest BCUT2D eigenvalue weighted by Crippen LogP contribution is -2.49. The van der Waals surface area contributed by atoms with Gasteiger partial charge in [-0.05, 0) is 57.7 Å². The summed E-state index contributed by atoms with van der Waals surface area (Å²) in [5.41, 5.74) is 8.63. The van der Waals surface area contributed by atoms with Gasteiger partial charge in [-0.1, -0.05) is 6.07 Å². The van der Waals surface area contributed by atoms with Gasteiger partial charge in [0.25, 0.3) is 5.91 Å². The van der Waals surface area contributed by atoms with Crippen molar-refractivity contribution in [1.29, 1.82) is 0 Å². The van der Waals surface area contributed by atoms with E-state index in [9.17, 15) is 9.59 Å². The van der Waals surface area contributed by atoms with E-state index in [4.69, 9.17) is 10.2 Å². The highest BCUT2D eigenvalue weighted by Crippen LogP contribution is 2.29. The standard InChI is InChI=1S/C20H26N2O3.ClH/c1-13(23)4-5-15-6-7-17-16(12-15)14(2)18(25-17)19(24)22-10-8-20(3,21)9-11-22;/h6-7,12H,4-5,8-11,21H2,1-3H3;1H. The number of nitrogens with zero attached hydrogens (tertiary/aromatic N) is 1. The van der Waals surface area contributed by atoms with Gasteiger partial charge >= 0.3 is 0 Å². The summed E-state index contributed by atoms with van der Waals surface area (Å²) < 4.78 is 5.86. The van der Waals surface area contributed by atoms with Crippen LogP contribution in [0.2, 0.25) is 0 Å². The van der Waals surface area contributed by atoms with Crippen molar-refractivity contribution in [3.63, 3.8) is 0 Å². The van der Waals surface area contributed by atoms with Gasteiger partial charge < -0.3 is 19.8 Å². The molecule has 1 saturated heterocycles. The Labute approximate surface area is 160 Å². The second-order valence-electron chi connectivity index (χ2n) is 7.53. The van der Waals surface area contributed by atoms with Crippen molar-refractivity contribution in [2.24, 2.45) is 5.73 Å². The average molecular weight is 379 g/mol. The molecule has 1 aliphatic heterocycles. The molecule has 3 rings (SSSR count). The first-order valence-electron chi connectivity index (χ1n) is 8.86. The molecule has 26 heavy (non-hydrogen) atoms. The lowest BCUT2D eigenvalue weighted by atomic mass is 9.91. The number of hydrogen-bond donors (Lipinski definition) is 1. The lowest BCUT2D eigenvalue weighted by Gasteiger charge is -2.36. The topological polar surface area (TPSA) is 76.5 Å². The van der Waals surface area contributed by atoms with Crippen LogP contribution in [-0.4, -0.2) is 35.2 Å². The number of piperidine rings is 1. The molecule has 1 fully saturated rings. The number of ketones is 1. The summed E-state index contributed by atoms with van der Waals surface area (Å²) in [7, 11) is 0. The highest BCUT2D eigenvalue weighted by Gasteiger charge is 2.31. The number of fused-ring (bicyclic) bond motifs is 1. The minimum Gasteiger partial charge on any atom is -0.451 e. The van der Waals surface area contributed by atoms with Crippen molar-refractivity contribution in [2.45, 2.75) is 52.0 Å². The van der Waals surface area contributed by atoms with E-state index in [2.05, 4.69) is 0 Å². The summed E-state index contributed by atoms with van der Waals surface area (Å²) >= 11 is 0. The van der Waals surface area contributed by atoms with Crippen molar-refractivity contribution in [1.82, 2.24) is 4.90 Å². The molecule has 1 aromatic heterocycles. The molecule has 1 aliphatic rings. The summed E-state index contributed by atoms with van der Waals surface area (Å²) in [6.45, 7) is 6.87. The molecule has 142 valence electrons. The van der Waals surface area contributed by atoms with E-state index in [1.54, 1.807) is 6.92 Å². The number of amides is 1. The summed E-state index contributed by atoms with van der Waals surface area (Å²) in [5, 5.41) is 0.949. The number of carbonyl (C=O) groups excluding carboxylic acids is 2. The summed E-state index contributed by atoms with van der Waals surface area (Å²) in [4.78, 5) is 25.9. The number of rotatable bonds is 4. The Kier molecular flexibility index (Phi) is 6.14. The third-order valence-electron chi connectivity index (χ3n) is 5.15. The number of hydrogen-bond acceptors (Lipinski definition) is 4. The first-order chi connectivity index (χ1) is 11.8. The normalized spacial score (nSPS) is 16.4. The van der Waals surface area contributed by atoms with E-state index < -0.39 is 0 Å². The van der Waals surface area contributed by atoms with Crippen LogP contribution in [0.3, 0.4) is 0 Å². The second-order valence-corrected chi connectivity index (χ2v) is 7.53. The fourth-order valence-electron chi connectivity index (χ4n) is 3.31. The van der Waals surface area contributed by atoms with E-state index in [-0.39, 0.29) is 29.6 Å². The van der Waals surface area contributed by atoms with Crippen LogP contribution in [-0.2, 0) is 11.2 Å². The van der Waals surface area contributed by atoms with Gasteiger partial charge in [-0.15, -0.1) is 12.4 Å². The number of aryl methyl sites for hydroxylation is 2. The second kappa shape index (κ2) is 7.80. The van der Waals surface area contributed by atoms with Crippen LogP contribution in [0.25, 0.3) is 11.0 Å². The highest BCUT2D eigenvalue weighted by molar-refractivity contribution is 5.99. The van der Waals surface area contributed by atoms with Gasteiger partial charge in [0.1, 0.15) is 11.4 Å².